The Morgan fingerprint density at radius 1 is 0.875 bits per heavy atom. The highest BCUT2D eigenvalue weighted by atomic mass is 16.7. The summed E-state index contributed by atoms with van der Waals surface area (Å²) in [5, 5.41) is 11.4. The quantitative estimate of drug-likeness (QED) is 0.417. The van der Waals surface area contributed by atoms with Gasteiger partial charge in [-0.15, -0.1) is 0 Å². The lowest BCUT2D eigenvalue weighted by atomic mass is 10.3. The molecule has 0 aromatic heterocycles. The average Bonchev–Trinajstić information content (AvgIpc) is 2.31. The molecule has 0 radical (unpaired) electrons. The van der Waals surface area contributed by atoms with Crippen LogP contribution in [0.1, 0.15) is 13.8 Å². The molecular formula is C8H14N4O4. The first-order chi connectivity index (χ1) is 7.51. The van der Waals surface area contributed by atoms with E-state index in [0.29, 0.717) is 11.4 Å². The summed E-state index contributed by atoms with van der Waals surface area (Å²) in [6, 6.07) is 0. The Kier molecular flexibility index (Phi) is 6.25. The second kappa shape index (κ2) is 7.21. The molecule has 0 aromatic carbocycles. The number of rotatable bonds is 3. The third-order valence-corrected chi connectivity index (χ3v) is 1.46. The summed E-state index contributed by atoms with van der Waals surface area (Å²) in [4.78, 5) is 30.2. The molecular weight excluding hydrogens is 216 g/mol. The minimum Gasteiger partial charge on any atom is -0.323 e. The zero-order valence-electron chi connectivity index (χ0n) is 9.53. The van der Waals surface area contributed by atoms with Crippen molar-refractivity contribution in [3.63, 3.8) is 0 Å². The normalized spacial score (nSPS) is 11.8. The summed E-state index contributed by atoms with van der Waals surface area (Å²) in [5.74, 6) is 0. The number of hydrogen-bond acceptors (Lipinski definition) is 6. The maximum atomic E-state index is 10.7. The van der Waals surface area contributed by atoms with Gasteiger partial charge in [-0.1, -0.05) is 10.3 Å². The highest BCUT2D eigenvalue weighted by Gasteiger charge is 2.03. The molecule has 8 heteroatoms. The van der Waals surface area contributed by atoms with Gasteiger partial charge in [0.15, 0.2) is 0 Å². The number of oxime groups is 2. The van der Waals surface area contributed by atoms with Crippen molar-refractivity contribution in [2.75, 3.05) is 14.1 Å². The van der Waals surface area contributed by atoms with Crippen LogP contribution in [-0.4, -0.2) is 37.7 Å². The van der Waals surface area contributed by atoms with E-state index in [1.54, 1.807) is 13.8 Å². The smallest absolute Gasteiger partial charge is 0.323 e. The Labute approximate surface area is 92.6 Å². The van der Waals surface area contributed by atoms with E-state index < -0.39 is 12.2 Å². The van der Waals surface area contributed by atoms with E-state index in [1.165, 1.54) is 14.1 Å². The second-order valence-electron chi connectivity index (χ2n) is 2.61. The van der Waals surface area contributed by atoms with Gasteiger partial charge >= 0.3 is 12.2 Å². The standard InChI is InChI=1S/C8H14N4O4/c1-5(11-15-7(13)9-3)6(2)12-16-8(14)10-4/h1-4H3,(H,9,13)(H,10,14)/b11-5+,12-6+. The summed E-state index contributed by atoms with van der Waals surface area (Å²) < 4.78 is 0. The molecule has 0 bridgehead atoms. The Balaban J connectivity index is 4.30. The van der Waals surface area contributed by atoms with Gasteiger partial charge < -0.3 is 10.6 Å². The number of hydrogen-bond donors (Lipinski definition) is 2. The lowest BCUT2D eigenvalue weighted by Gasteiger charge is -2.00. The van der Waals surface area contributed by atoms with Gasteiger partial charge in [0.1, 0.15) is 11.4 Å². The fourth-order valence-electron chi connectivity index (χ4n) is 0.443. The van der Waals surface area contributed by atoms with Gasteiger partial charge in [-0.2, -0.15) is 0 Å². The molecule has 0 spiro atoms. The summed E-state index contributed by atoms with van der Waals surface area (Å²) in [7, 11) is 2.81. The van der Waals surface area contributed by atoms with E-state index in [-0.39, 0.29) is 0 Å². The van der Waals surface area contributed by atoms with Crippen molar-refractivity contribution < 1.29 is 19.3 Å². The predicted octanol–water partition coefficient (Wildman–Crippen LogP) is 0.450. The lowest BCUT2D eigenvalue weighted by molar-refractivity contribution is 0.151. The number of nitrogens with one attached hydrogen (secondary N) is 2. The largest absolute Gasteiger partial charge is 0.433 e. The van der Waals surface area contributed by atoms with Crippen LogP contribution in [0.15, 0.2) is 10.3 Å². The van der Waals surface area contributed by atoms with Crippen molar-refractivity contribution in [2.45, 2.75) is 13.8 Å². The zero-order chi connectivity index (χ0) is 12.6. The molecule has 0 aliphatic heterocycles. The second-order valence-corrected chi connectivity index (χ2v) is 2.61. The van der Waals surface area contributed by atoms with Crippen molar-refractivity contribution >= 4 is 23.6 Å². The molecule has 8 nitrogen and oxygen atoms in total. The summed E-state index contributed by atoms with van der Waals surface area (Å²) >= 11 is 0. The van der Waals surface area contributed by atoms with Crippen molar-refractivity contribution in [3.8, 4) is 0 Å². The Hall–Kier alpha value is -2.12. The third-order valence-electron chi connectivity index (χ3n) is 1.46. The van der Waals surface area contributed by atoms with Gasteiger partial charge in [0, 0.05) is 14.1 Å². The topological polar surface area (TPSA) is 101 Å². The average molecular weight is 230 g/mol. The monoisotopic (exact) mass is 230 g/mol. The van der Waals surface area contributed by atoms with Gasteiger partial charge in [-0.3, -0.25) is 9.68 Å². The lowest BCUT2D eigenvalue weighted by Crippen LogP contribution is -2.20. The molecule has 0 aliphatic carbocycles. The van der Waals surface area contributed by atoms with Crippen molar-refractivity contribution in [3.05, 3.63) is 0 Å². The van der Waals surface area contributed by atoms with Crippen LogP contribution in [0.3, 0.4) is 0 Å². The summed E-state index contributed by atoms with van der Waals surface area (Å²) in [5.41, 5.74) is 0.625. The molecule has 0 aromatic rings. The maximum Gasteiger partial charge on any atom is 0.433 e. The predicted molar refractivity (Wildman–Crippen MR) is 57.3 cm³/mol. The van der Waals surface area contributed by atoms with E-state index >= 15 is 0 Å². The Bertz CT molecular complexity index is 292. The first-order valence-electron chi connectivity index (χ1n) is 4.38. The molecule has 2 amide bonds. The highest BCUT2D eigenvalue weighted by Crippen LogP contribution is 1.89. The molecule has 0 unspecified atom stereocenters. The van der Waals surface area contributed by atoms with Gasteiger partial charge in [0.25, 0.3) is 0 Å². The van der Waals surface area contributed by atoms with Crippen LogP contribution >= 0.6 is 0 Å². The van der Waals surface area contributed by atoms with E-state index in [0.717, 1.165) is 0 Å². The molecule has 0 fully saturated rings. The van der Waals surface area contributed by atoms with Crippen LogP contribution in [0, 0.1) is 0 Å². The molecule has 0 rings (SSSR count). The van der Waals surface area contributed by atoms with Crippen LogP contribution in [0.5, 0.6) is 0 Å². The van der Waals surface area contributed by atoms with E-state index in [4.69, 9.17) is 0 Å². The molecule has 0 atom stereocenters. The van der Waals surface area contributed by atoms with Crippen LogP contribution in [0.2, 0.25) is 0 Å². The van der Waals surface area contributed by atoms with Gasteiger partial charge in [-0.05, 0) is 13.8 Å². The zero-order valence-corrected chi connectivity index (χ0v) is 9.53. The SMILES string of the molecule is CNC(=O)O/N=C(C)/C(C)=N/OC(=O)NC. The molecule has 2 N–H and O–H groups in total. The van der Waals surface area contributed by atoms with E-state index in [1.807, 2.05) is 0 Å². The number of amides is 2. The molecule has 16 heavy (non-hydrogen) atoms. The van der Waals surface area contributed by atoms with Crippen LogP contribution in [-0.2, 0) is 9.68 Å². The molecule has 0 saturated heterocycles. The first kappa shape index (κ1) is 13.9. The Morgan fingerprint density at radius 2 is 1.19 bits per heavy atom. The van der Waals surface area contributed by atoms with Crippen LogP contribution in [0.4, 0.5) is 9.59 Å². The minimum absolute atomic E-state index is 0.313. The van der Waals surface area contributed by atoms with E-state index in [2.05, 4.69) is 30.6 Å². The summed E-state index contributed by atoms with van der Waals surface area (Å²) in [6.45, 7) is 3.10. The first-order valence-corrected chi connectivity index (χ1v) is 4.38. The van der Waals surface area contributed by atoms with Gasteiger partial charge in [0.2, 0.25) is 0 Å². The van der Waals surface area contributed by atoms with Crippen LogP contribution in [0.25, 0.3) is 0 Å². The fraction of sp³-hybridized carbons (Fsp3) is 0.500. The highest BCUT2D eigenvalue weighted by molar-refractivity contribution is 6.40. The van der Waals surface area contributed by atoms with Crippen molar-refractivity contribution in [1.82, 2.24) is 10.6 Å². The van der Waals surface area contributed by atoms with Crippen LogP contribution < -0.4 is 10.6 Å². The number of carbonyl (C=O) groups is 2. The number of nitrogens with zero attached hydrogens (tertiary/aromatic N) is 2. The summed E-state index contributed by atoms with van der Waals surface area (Å²) in [6.07, 6.45) is -1.39. The van der Waals surface area contributed by atoms with Crippen molar-refractivity contribution in [1.29, 1.82) is 0 Å². The maximum absolute atomic E-state index is 10.7. The van der Waals surface area contributed by atoms with E-state index in [9.17, 15) is 9.59 Å². The molecule has 0 heterocycles. The third kappa shape index (κ3) is 5.58. The molecule has 0 aliphatic rings. The Morgan fingerprint density at radius 3 is 1.44 bits per heavy atom. The molecule has 90 valence electrons. The molecule has 0 saturated carbocycles. The van der Waals surface area contributed by atoms with Gasteiger partial charge in [-0.25, -0.2) is 9.59 Å². The fourth-order valence-corrected chi connectivity index (χ4v) is 0.443. The minimum atomic E-state index is -0.695. The van der Waals surface area contributed by atoms with Gasteiger partial charge in [0.05, 0.1) is 0 Å². The van der Waals surface area contributed by atoms with Crippen molar-refractivity contribution in [2.24, 2.45) is 10.3 Å². The number of carbonyl (C=O) groups excluding carboxylic acids is 2.